The van der Waals surface area contributed by atoms with Crippen molar-refractivity contribution in [3.05, 3.63) is 33.7 Å². The largest absolute Gasteiger partial charge is 0.352 e. The van der Waals surface area contributed by atoms with Crippen molar-refractivity contribution in [3.8, 4) is 0 Å². The Balaban J connectivity index is 2.32. The molecule has 1 aliphatic rings. The molecular weight excluding hydrogens is 342 g/mol. The van der Waals surface area contributed by atoms with E-state index in [1.165, 1.54) is 19.3 Å². The van der Waals surface area contributed by atoms with Crippen LogP contribution in [0.15, 0.2) is 17.2 Å². The summed E-state index contributed by atoms with van der Waals surface area (Å²) in [5, 5.41) is 5.71. The molecule has 6 nitrogen and oxygen atoms in total. The van der Waals surface area contributed by atoms with Gasteiger partial charge in [-0.1, -0.05) is 39.0 Å². The summed E-state index contributed by atoms with van der Waals surface area (Å²) in [5.41, 5.74) is -0.410. The van der Waals surface area contributed by atoms with Crippen molar-refractivity contribution < 1.29 is 9.59 Å². The Hall–Kier alpha value is -2.11. The fraction of sp³-hybridized carbons (Fsp3) is 0.667. The van der Waals surface area contributed by atoms with Crippen molar-refractivity contribution in [3.63, 3.8) is 0 Å². The highest BCUT2D eigenvalue weighted by Crippen LogP contribution is 2.18. The van der Waals surface area contributed by atoms with Crippen LogP contribution in [0.3, 0.4) is 0 Å². The summed E-state index contributed by atoms with van der Waals surface area (Å²) in [6, 6.07) is 0.189. The Morgan fingerprint density at radius 3 is 2.15 bits per heavy atom. The third-order valence-electron chi connectivity index (χ3n) is 5.41. The van der Waals surface area contributed by atoms with Gasteiger partial charge in [-0.05, 0) is 33.1 Å². The van der Waals surface area contributed by atoms with Crippen molar-refractivity contribution in [1.29, 1.82) is 0 Å². The van der Waals surface area contributed by atoms with E-state index in [4.69, 9.17) is 0 Å². The fourth-order valence-corrected chi connectivity index (χ4v) is 3.51. The highest BCUT2D eigenvalue weighted by Gasteiger charge is 2.22. The summed E-state index contributed by atoms with van der Waals surface area (Å²) >= 11 is 0. The predicted molar refractivity (Wildman–Crippen MR) is 107 cm³/mol. The van der Waals surface area contributed by atoms with Gasteiger partial charge in [-0.2, -0.15) is 0 Å². The molecule has 0 aromatic carbocycles. The monoisotopic (exact) mass is 375 g/mol. The van der Waals surface area contributed by atoms with Crippen molar-refractivity contribution in [2.24, 2.45) is 0 Å². The maximum Gasteiger partial charge on any atom is 0.256 e. The number of nitrogens with zero attached hydrogens (tertiary/aromatic N) is 1. The van der Waals surface area contributed by atoms with Gasteiger partial charge >= 0.3 is 0 Å². The van der Waals surface area contributed by atoms with Crippen LogP contribution in [0.5, 0.6) is 0 Å². The van der Waals surface area contributed by atoms with Crippen LogP contribution >= 0.6 is 0 Å². The Bertz CT molecular complexity index is 703. The normalized spacial score (nSPS) is 16.9. The second-order valence-electron chi connectivity index (χ2n) is 7.49. The van der Waals surface area contributed by atoms with Crippen LogP contribution < -0.4 is 16.1 Å². The van der Waals surface area contributed by atoms with E-state index in [0.717, 1.165) is 32.1 Å². The van der Waals surface area contributed by atoms with Gasteiger partial charge in [-0.3, -0.25) is 14.4 Å². The summed E-state index contributed by atoms with van der Waals surface area (Å²) in [6.07, 6.45) is 11.7. The fourth-order valence-electron chi connectivity index (χ4n) is 3.51. The van der Waals surface area contributed by atoms with Crippen LogP contribution in [0.4, 0.5) is 0 Å². The molecule has 0 saturated heterocycles. The van der Waals surface area contributed by atoms with E-state index in [1.54, 1.807) is 23.9 Å². The lowest BCUT2D eigenvalue weighted by Crippen LogP contribution is -2.40. The molecule has 0 radical (unpaired) electrons. The molecule has 1 saturated carbocycles. The smallest absolute Gasteiger partial charge is 0.256 e. The van der Waals surface area contributed by atoms with Gasteiger partial charge in [-0.15, -0.1) is 0 Å². The molecule has 1 heterocycles. The molecule has 0 aliphatic heterocycles. The number of aromatic nitrogens is 1. The lowest BCUT2D eigenvalue weighted by atomic mass is 9.96. The molecule has 0 spiro atoms. The van der Waals surface area contributed by atoms with E-state index in [-0.39, 0.29) is 29.1 Å². The van der Waals surface area contributed by atoms with Gasteiger partial charge in [0, 0.05) is 31.0 Å². The molecule has 2 amide bonds. The molecule has 6 heteroatoms. The Morgan fingerprint density at radius 1 is 1.04 bits per heavy atom. The van der Waals surface area contributed by atoms with E-state index in [9.17, 15) is 14.4 Å². The number of pyridine rings is 1. The minimum atomic E-state index is -0.496. The van der Waals surface area contributed by atoms with Crippen LogP contribution in [-0.2, 0) is 0 Å². The minimum Gasteiger partial charge on any atom is -0.352 e. The topological polar surface area (TPSA) is 80.2 Å². The third-order valence-corrected chi connectivity index (χ3v) is 5.41. The first-order valence-corrected chi connectivity index (χ1v) is 10.3. The molecule has 1 fully saturated rings. The summed E-state index contributed by atoms with van der Waals surface area (Å²) < 4.78 is 1.80. The van der Waals surface area contributed by atoms with Crippen LogP contribution in [0.25, 0.3) is 0 Å². The Kier molecular flexibility index (Phi) is 8.07. The summed E-state index contributed by atoms with van der Waals surface area (Å²) in [5.74, 6) is -0.797. The molecule has 2 rings (SSSR count). The van der Waals surface area contributed by atoms with E-state index in [0.29, 0.717) is 6.54 Å². The Morgan fingerprint density at radius 2 is 1.59 bits per heavy atom. The molecule has 2 N–H and O–H groups in total. The maximum absolute atomic E-state index is 12.9. The van der Waals surface area contributed by atoms with Gasteiger partial charge < -0.3 is 15.2 Å². The molecule has 27 heavy (non-hydrogen) atoms. The quantitative estimate of drug-likeness (QED) is 0.799. The molecular formula is C21H33N3O3. The summed E-state index contributed by atoms with van der Waals surface area (Å²) in [7, 11) is 0. The van der Waals surface area contributed by atoms with Crippen LogP contribution in [0.1, 0.15) is 98.9 Å². The van der Waals surface area contributed by atoms with Gasteiger partial charge in [0.25, 0.3) is 11.8 Å². The number of carbonyl (C=O) groups excluding carboxylic acids is 2. The number of carbonyl (C=O) groups is 2. The average molecular weight is 376 g/mol. The van der Waals surface area contributed by atoms with Crippen molar-refractivity contribution in [1.82, 2.24) is 15.2 Å². The van der Waals surface area contributed by atoms with Gasteiger partial charge in [0.05, 0.1) is 0 Å². The third kappa shape index (κ3) is 5.68. The second kappa shape index (κ2) is 10.3. The number of hydrogen-bond acceptors (Lipinski definition) is 3. The SMILES string of the molecule is CCNC(=O)c1cn([C@H](C)CC)cc(C(=O)NC2CCCCCCC2)c1=O. The van der Waals surface area contributed by atoms with Crippen LogP contribution in [0, 0.1) is 0 Å². The first-order valence-electron chi connectivity index (χ1n) is 10.3. The first-order chi connectivity index (χ1) is 13.0. The van der Waals surface area contributed by atoms with E-state index >= 15 is 0 Å². The molecule has 1 atom stereocenters. The van der Waals surface area contributed by atoms with Crippen LogP contribution in [-0.4, -0.2) is 29.0 Å². The predicted octanol–water partition coefficient (Wildman–Crippen LogP) is 3.41. The van der Waals surface area contributed by atoms with Crippen molar-refractivity contribution in [2.45, 2.75) is 84.2 Å². The number of hydrogen-bond donors (Lipinski definition) is 2. The molecule has 1 aliphatic carbocycles. The van der Waals surface area contributed by atoms with Gasteiger partial charge in [-0.25, -0.2) is 0 Å². The van der Waals surface area contributed by atoms with Gasteiger partial charge in [0.2, 0.25) is 5.43 Å². The van der Waals surface area contributed by atoms with Crippen LogP contribution in [0.2, 0.25) is 0 Å². The van der Waals surface area contributed by atoms with Gasteiger partial charge in [0.15, 0.2) is 0 Å². The van der Waals surface area contributed by atoms with E-state index in [2.05, 4.69) is 10.6 Å². The van der Waals surface area contributed by atoms with E-state index in [1.807, 2.05) is 13.8 Å². The average Bonchev–Trinajstić information content (AvgIpc) is 2.63. The zero-order chi connectivity index (χ0) is 19.8. The molecule has 0 unspecified atom stereocenters. The number of rotatable bonds is 6. The second-order valence-corrected chi connectivity index (χ2v) is 7.49. The highest BCUT2D eigenvalue weighted by atomic mass is 16.2. The summed E-state index contributed by atoms with van der Waals surface area (Å²) in [4.78, 5) is 38.0. The van der Waals surface area contributed by atoms with Gasteiger partial charge in [0.1, 0.15) is 11.1 Å². The zero-order valence-corrected chi connectivity index (χ0v) is 16.8. The minimum absolute atomic E-state index is 0.0301. The molecule has 1 aromatic heterocycles. The number of amides is 2. The van der Waals surface area contributed by atoms with E-state index < -0.39 is 11.3 Å². The number of nitrogens with one attached hydrogen (secondary N) is 2. The van der Waals surface area contributed by atoms with Crippen molar-refractivity contribution >= 4 is 11.8 Å². The molecule has 0 bridgehead atoms. The first kappa shape index (κ1) is 21.2. The molecule has 1 aromatic rings. The lowest BCUT2D eigenvalue weighted by Gasteiger charge is -2.22. The maximum atomic E-state index is 12.9. The highest BCUT2D eigenvalue weighted by molar-refractivity contribution is 5.99. The van der Waals surface area contributed by atoms with Crippen molar-refractivity contribution in [2.75, 3.05) is 6.54 Å². The Labute approximate surface area is 161 Å². The summed E-state index contributed by atoms with van der Waals surface area (Å²) in [6.45, 7) is 6.27. The zero-order valence-electron chi connectivity index (χ0n) is 16.8. The molecule has 150 valence electrons. The standard InChI is InChI=1S/C21H33N3O3/c1-4-15(3)24-13-17(20(26)22-5-2)19(25)18(14-24)21(27)23-16-11-9-7-6-8-10-12-16/h13-16H,4-12H2,1-3H3,(H,22,26)(H,23,27)/t15-/m1/s1. The lowest BCUT2D eigenvalue weighted by molar-refractivity contribution is 0.0928.